The Balaban J connectivity index is 2.77. The van der Waals surface area contributed by atoms with Crippen LogP contribution in [0.2, 0.25) is 0 Å². The summed E-state index contributed by atoms with van der Waals surface area (Å²) in [6.45, 7) is 4.56. The molecule has 1 N–H and O–H groups in total. The average Bonchev–Trinajstić information content (AvgIpc) is 2.38. The molecule has 7 heteroatoms. The monoisotopic (exact) mass is 282 g/mol. The number of carbonyl (C=O) groups excluding carboxylic acids is 1. The molecule has 0 fully saturated rings. The normalized spacial score (nSPS) is 11.7. The summed E-state index contributed by atoms with van der Waals surface area (Å²) in [6, 6.07) is 5.95. The minimum absolute atomic E-state index is 0.131. The van der Waals surface area contributed by atoms with Crippen LogP contribution in [-0.2, 0) is 16.0 Å². The Labute approximate surface area is 117 Å². The number of likely N-dealkylation sites (N-methyl/N-ethyl adjacent to an activating group) is 1. The Morgan fingerprint density at radius 1 is 1.45 bits per heavy atom. The van der Waals surface area contributed by atoms with Gasteiger partial charge in [-0.05, 0) is 37.6 Å². The summed E-state index contributed by atoms with van der Waals surface area (Å²) in [5.41, 5.74) is 0.753. The van der Waals surface area contributed by atoms with E-state index >= 15 is 0 Å². The molecule has 7 nitrogen and oxygen atoms in total. The van der Waals surface area contributed by atoms with Crippen LogP contribution in [0.4, 0.5) is 0 Å². The molecule has 0 saturated carbocycles. The molecule has 1 atom stereocenters. The van der Waals surface area contributed by atoms with Crippen LogP contribution in [-0.4, -0.2) is 30.2 Å². The lowest BCUT2D eigenvalue weighted by molar-refractivity contribution is -0.711. The van der Waals surface area contributed by atoms with Gasteiger partial charge in [-0.2, -0.15) is 0 Å². The third kappa shape index (κ3) is 5.23. The number of benzene rings is 1. The Hall–Kier alpha value is -2.15. The third-order valence-electron chi connectivity index (χ3n) is 2.54. The first-order valence-corrected chi connectivity index (χ1v) is 6.38. The number of nitrogens with zero attached hydrogens (tertiary/aromatic N) is 1. The summed E-state index contributed by atoms with van der Waals surface area (Å²) in [6.07, 6.45) is 0.377. The van der Waals surface area contributed by atoms with Crippen LogP contribution >= 0.6 is 0 Å². The van der Waals surface area contributed by atoms with Crippen LogP contribution in [0, 0.1) is 10.1 Å². The molecule has 0 heterocycles. The van der Waals surface area contributed by atoms with Crippen LogP contribution in [0.1, 0.15) is 19.4 Å². The molecule has 1 rings (SSSR count). The van der Waals surface area contributed by atoms with Gasteiger partial charge >= 0.3 is 5.97 Å². The number of hydrogen-bond acceptors (Lipinski definition) is 6. The molecule has 0 spiro atoms. The van der Waals surface area contributed by atoms with Crippen molar-refractivity contribution >= 4 is 5.97 Å². The van der Waals surface area contributed by atoms with Crippen LogP contribution < -0.4 is 10.2 Å². The maximum absolute atomic E-state index is 11.8. The zero-order valence-electron chi connectivity index (χ0n) is 11.5. The van der Waals surface area contributed by atoms with E-state index in [1.165, 1.54) is 12.1 Å². The van der Waals surface area contributed by atoms with Gasteiger partial charge in [0.15, 0.2) is 0 Å². The van der Waals surface area contributed by atoms with Crippen molar-refractivity contribution in [2.75, 3.05) is 13.2 Å². The maximum Gasteiger partial charge on any atom is 0.323 e. The highest BCUT2D eigenvalue weighted by Gasteiger charge is 2.19. The third-order valence-corrected chi connectivity index (χ3v) is 2.54. The second kappa shape index (κ2) is 8.11. The molecule has 1 aromatic carbocycles. The SMILES string of the molecule is CCN[C@@H](Cc1cccc(O[N+](=O)[O-])c1)C(=O)OCC. The van der Waals surface area contributed by atoms with Crippen molar-refractivity contribution in [3.05, 3.63) is 39.9 Å². The van der Waals surface area contributed by atoms with Gasteiger partial charge in [0.2, 0.25) is 0 Å². The Kier molecular flexibility index (Phi) is 6.45. The van der Waals surface area contributed by atoms with Crippen molar-refractivity contribution in [3.8, 4) is 5.75 Å². The first kappa shape index (κ1) is 15.9. The number of nitrogens with one attached hydrogen (secondary N) is 1. The number of rotatable bonds is 8. The standard InChI is InChI=1S/C13H18N2O5/c1-3-14-12(13(16)19-4-2)9-10-6-5-7-11(8-10)20-15(17)18/h5-8,12,14H,3-4,9H2,1-2H3/t12-/m0/s1. The van der Waals surface area contributed by atoms with Gasteiger partial charge in [0.1, 0.15) is 11.8 Å². The van der Waals surface area contributed by atoms with Crippen molar-refractivity contribution in [1.82, 2.24) is 5.32 Å². The summed E-state index contributed by atoms with van der Waals surface area (Å²) < 4.78 is 4.98. The summed E-state index contributed by atoms with van der Waals surface area (Å²) >= 11 is 0. The average molecular weight is 282 g/mol. The lowest BCUT2D eigenvalue weighted by Gasteiger charge is -2.16. The van der Waals surface area contributed by atoms with E-state index in [2.05, 4.69) is 10.2 Å². The van der Waals surface area contributed by atoms with Crippen LogP contribution in [0.5, 0.6) is 5.75 Å². The summed E-state index contributed by atoms with van der Waals surface area (Å²) in [5, 5.41) is 12.5. The molecule has 0 aromatic heterocycles. The molecule has 20 heavy (non-hydrogen) atoms. The fourth-order valence-corrected chi connectivity index (χ4v) is 1.78. The minimum Gasteiger partial charge on any atom is -0.465 e. The minimum atomic E-state index is -0.869. The highest BCUT2D eigenvalue weighted by molar-refractivity contribution is 5.76. The molecule has 0 saturated heterocycles. The highest BCUT2D eigenvalue weighted by atomic mass is 17.0. The smallest absolute Gasteiger partial charge is 0.323 e. The fraction of sp³-hybridized carbons (Fsp3) is 0.462. The van der Waals surface area contributed by atoms with Crippen molar-refractivity contribution in [2.45, 2.75) is 26.3 Å². The van der Waals surface area contributed by atoms with E-state index in [1.807, 2.05) is 6.92 Å². The van der Waals surface area contributed by atoms with Crippen LogP contribution in [0.15, 0.2) is 24.3 Å². The van der Waals surface area contributed by atoms with E-state index in [-0.39, 0.29) is 11.7 Å². The molecule has 0 aliphatic rings. The lowest BCUT2D eigenvalue weighted by Crippen LogP contribution is -2.39. The van der Waals surface area contributed by atoms with Crippen molar-refractivity contribution in [1.29, 1.82) is 0 Å². The van der Waals surface area contributed by atoms with Crippen molar-refractivity contribution in [2.24, 2.45) is 0 Å². The van der Waals surface area contributed by atoms with E-state index < -0.39 is 11.1 Å². The van der Waals surface area contributed by atoms with E-state index in [0.717, 1.165) is 5.56 Å². The molecule has 0 amide bonds. The van der Waals surface area contributed by atoms with Gasteiger partial charge in [-0.15, -0.1) is 10.1 Å². The first-order chi connectivity index (χ1) is 9.56. The molecule has 0 unspecified atom stereocenters. The molecule has 110 valence electrons. The summed E-state index contributed by atoms with van der Waals surface area (Å²) in [4.78, 5) is 26.5. The second-order valence-electron chi connectivity index (χ2n) is 4.03. The van der Waals surface area contributed by atoms with Gasteiger partial charge in [-0.25, -0.2) is 0 Å². The number of hydrogen-bond donors (Lipinski definition) is 1. The van der Waals surface area contributed by atoms with Gasteiger partial charge < -0.3 is 10.1 Å². The molecule has 0 aliphatic heterocycles. The van der Waals surface area contributed by atoms with Gasteiger partial charge in [0.05, 0.1) is 6.61 Å². The Bertz CT molecular complexity index is 464. The molecular weight excluding hydrogens is 264 g/mol. The number of ether oxygens (including phenoxy) is 1. The van der Waals surface area contributed by atoms with Crippen LogP contribution in [0.25, 0.3) is 0 Å². The largest absolute Gasteiger partial charge is 0.465 e. The van der Waals surface area contributed by atoms with E-state index in [0.29, 0.717) is 19.6 Å². The van der Waals surface area contributed by atoms with Gasteiger partial charge in [-0.3, -0.25) is 9.63 Å². The van der Waals surface area contributed by atoms with E-state index in [1.54, 1.807) is 19.1 Å². The Morgan fingerprint density at radius 2 is 2.20 bits per heavy atom. The van der Waals surface area contributed by atoms with Gasteiger partial charge in [0.25, 0.3) is 5.09 Å². The highest BCUT2D eigenvalue weighted by Crippen LogP contribution is 2.15. The predicted molar refractivity (Wildman–Crippen MR) is 71.9 cm³/mol. The topological polar surface area (TPSA) is 90.7 Å². The van der Waals surface area contributed by atoms with Crippen molar-refractivity contribution in [3.63, 3.8) is 0 Å². The molecule has 0 aliphatic carbocycles. The summed E-state index contributed by atoms with van der Waals surface area (Å²) in [7, 11) is 0. The quantitative estimate of drug-likeness (QED) is 0.439. The molecule has 1 aromatic rings. The Morgan fingerprint density at radius 3 is 2.80 bits per heavy atom. The van der Waals surface area contributed by atoms with Crippen molar-refractivity contribution < 1.29 is 19.5 Å². The second-order valence-corrected chi connectivity index (χ2v) is 4.03. The number of carbonyl (C=O) groups is 1. The maximum atomic E-state index is 11.8. The van der Waals surface area contributed by atoms with E-state index in [4.69, 9.17) is 4.74 Å². The van der Waals surface area contributed by atoms with E-state index in [9.17, 15) is 14.9 Å². The van der Waals surface area contributed by atoms with Gasteiger partial charge in [0, 0.05) is 0 Å². The molecular formula is C13H18N2O5. The zero-order chi connectivity index (χ0) is 15.0. The lowest BCUT2D eigenvalue weighted by atomic mass is 10.1. The zero-order valence-corrected chi connectivity index (χ0v) is 11.5. The van der Waals surface area contributed by atoms with Gasteiger partial charge in [-0.1, -0.05) is 19.1 Å². The molecule has 0 radical (unpaired) electrons. The van der Waals surface area contributed by atoms with Crippen LogP contribution in [0.3, 0.4) is 0 Å². The number of esters is 1. The molecule has 0 bridgehead atoms. The fourth-order valence-electron chi connectivity index (χ4n) is 1.78. The first-order valence-electron chi connectivity index (χ1n) is 6.38. The predicted octanol–water partition coefficient (Wildman–Crippen LogP) is 1.34. The summed E-state index contributed by atoms with van der Waals surface area (Å²) in [5.74, 6) is -0.207.